The molecule has 160 valence electrons. The summed E-state index contributed by atoms with van der Waals surface area (Å²) < 4.78 is 10.8. The van der Waals surface area contributed by atoms with Crippen LogP contribution in [0.4, 0.5) is 5.69 Å². The fraction of sp³-hybridized carbons (Fsp3) is 0.0870. The summed E-state index contributed by atoms with van der Waals surface area (Å²) in [5, 5.41) is 11.6. The Labute approximate surface area is 192 Å². The highest BCUT2D eigenvalue weighted by atomic mass is 35.5. The van der Waals surface area contributed by atoms with Gasteiger partial charge in [0, 0.05) is 29.7 Å². The summed E-state index contributed by atoms with van der Waals surface area (Å²) in [5.41, 5.74) is 1.14. The minimum absolute atomic E-state index is 0.0704. The zero-order chi connectivity index (χ0) is 22.4. The predicted molar refractivity (Wildman–Crippen MR) is 118 cm³/mol. The average molecular weight is 469 g/mol. The molecular weight excluding hydrogens is 455 g/mol. The standard InChI is InChI=1S/C23H14Cl2N2O5/c24-15-5-3-12(8-16(15)25)21(28)19-20(13-2-1-7-26-10-13)27(23(30)22(19)29)14-4-6-17-18(9-14)32-11-31-17/h1-10,20,28H,11H2/b21-19+. The monoisotopic (exact) mass is 468 g/mol. The maximum atomic E-state index is 13.1. The fourth-order valence-corrected chi connectivity index (χ4v) is 4.08. The van der Waals surface area contributed by atoms with Gasteiger partial charge < -0.3 is 14.6 Å². The first-order valence-electron chi connectivity index (χ1n) is 9.51. The fourth-order valence-electron chi connectivity index (χ4n) is 3.79. The smallest absolute Gasteiger partial charge is 0.300 e. The number of ether oxygens (including phenoxy) is 2. The second-order valence-corrected chi connectivity index (χ2v) is 7.94. The van der Waals surface area contributed by atoms with E-state index >= 15 is 0 Å². The number of hydrogen-bond acceptors (Lipinski definition) is 6. The van der Waals surface area contributed by atoms with Crippen LogP contribution in [0.25, 0.3) is 5.76 Å². The molecule has 32 heavy (non-hydrogen) atoms. The van der Waals surface area contributed by atoms with Gasteiger partial charge in [-0.25, -0.2) is 0 Å². The van der Waals surface area contributed by atoms with Gasteiger partial charge in [0.1, 0.15) is 5.76 Å². The number of carbonyl (C=O) groups is 2. The number of aliphatic hydroxyl groups excluding tert-OH is 1. The number of anilines is 1. The highest BCUT2D eigenvalue weighted by molar-refractivity contribution is 6.51. The Morgan fingerprint density at radius 3 is 2.59 bits per heavy atom. The number of rotatable bonds is 3. The largest absolute Gasteiger partial charge is 0.507 e. The van der Waals surface area contributed by atoms with Crippen molar-refractivity contribution in [3.63, 3.8) is 0 Å². The lowest BCUT2D eigenvalue weighted by atomic mass is 9.96. The Morgan fingerprint density at radius 2 is 1.84 bits per heavy atom. The maximum Gasteiger partial charge on any atom is 0.300 e. The molecule has 0 aliphatic carbocycles. The van der Waals surface area contributed by atoms with Gasteiger partial charge in [-0.3, -0.25) is 19.5 Å². The maximum absolute atomic E-state index is 13.1. The zero-order valence-electron chi connectivity index (χ0n) is 16.3. The van der Waals surface area contributed by atoms with E-state index in [4.69, 9.17) is 32.7 Å². The molecule has 7 nitrogen and oxygen atoms in total. The van der Waals surface area contributed by atoms with Crippen LogP contribution in [-0.2, 0) is 9.59 Å². The van der Waals surface area contributed by atoms with Crippen LogP contribution in [0.15, 0.2) is 66.5 Å². The van der Waals surface area contributed by atoms with Crippen LogP contribution >= 0.6 is 23.2 Å². The Balaban J connectivity index is 1.70. The molecule has 0 spiro atoms. The molecular formula is C23H14Cl2N2O5. The van der Waals surface area contributed by atoms with Crippen LogP contribution in [0.3, 0.4) is 0 Å². The van der Waals surface area contributed by atoms with Crippen LogP contribution in [0, 0.1) is 0 Å². The third-order valence-corrected chi connectivity index (χ3v) is 6.01. The van der Waals surface area contributed by atoms with E-state index in [1.807, 2.05) is 0 Å². The number of hydrogen-bond donors (Lipinski definition) is 1. The number of carbonyl (C=O) groups excluding carboxylic acids is 2. The number of aromatic nitrogens is 1. The van der Waals surface area contributed by atoms with Crippen LogP contribution in [0.1, 0.15) is 17.2 Å². The van der Waals surface area contributed by atoms with E-state index in [-0.39, 0.29) is 28.7 Å². The highest BCUT2D eigenvalue weighted by Gasteiger charge is 2.47. The van der Waals surface area contributed by atoms with Gasteiger partial charge >= 0.3 is 0 Å². The van der Waals surface area contributed by atoms with E-state index in [1.54, 1.807) is 42.7 Å². The molecule has 0 bridgehead atoms. The second-order valence-electron chi connectivity index (χ2n) is 7.12. The van der Waals surface area contributed by atoms with Crippen molar-refractivity contribution in [1.29, 1.82) is 0 Å². The van der Waals surface area contributed by atoms with E-state index in [0.717, 1.165) is 0 Å². The average Bonchev–Trinajstić information content (AvgIpc) is 3.38. The summed E-state index contributed by atoms with van der Waals surface area (Å²) in [7, 11) is 0. The van der Waals surface area contributed by atoms with E-state index in [0.29, 0.717) is 27.8 Å². The van der Waals surface area contributed by atoms with Crippen LogP contribution < -0.4 is 14.4 Å². The van der Waals surface area contributed by atoms with E-state index in [1.165, 1.54) is 23.1 Å². The Hall–Kier alpha value is -3.55. The molecule has 1 amide bonds. The molecule has 2 aliphatic rings. The van der Waals surface area contributed by atoms with E-state index < -0.39 is 17.7 Å². The molecule has 1 unspecified atom stereocenters. The summed E-state index contributed by atoms with van der Waals surface area (Å²) in [4.78, 5) is 31.7. The zero-order valence-corrected chi connectivity index (χ0v) is 17.8. The van der Waals surface area contributed by atoms with E-state index in [2.05, 4.69) is 4.98 Å². The van der Waals surface area contributed by atoms with Gasteiger partial charge in [-0.2, -0.15) is 0 Å². The molecule has 3 heterocycles. The van der Waals surface area contributed by atoms with Crippen molar-refractivity contribution in [3.05, 3.63) is 87.7 Å². The topological polar surface area (TPSA) is 89.0 Å². The summed E-state index contributed by atoms with van der Waals surface area (Å²) in [5.74, 6) is -0.990. The quantitative estimate of drug-likeness (QED) is 0.339. The number of pyridine rings is 1. The molecule has 1 atom stereocenters. The van der Waals surface area contributed by atoms with Crippen molar-refractivity contribution in [2.75, 3.05) is 11.7 Å². The minimum atomic E-state index is -0.918. The van der Waals surface area contributed by atoms with Crippen molar-refractivity contribution in [1.82, 2.24) is 4.98 Å². The summed E-state index contributed by atoms with van der Waals surface area (Å²) in [6.45, 7) is 0.0704. The number of halogens is 2. The number of aliphatic hydroxyl groups is 1. The third-order valence-electron chi connectivity index (χ3n) is 5.27. The number of amides is 1. The van der Waals surface area contributed by atoms with Crippen molar-refractivity contribution in [2.24, 2.45) is 0 Å². The van der Waals surface area contributed by atoms with Crippen molar-refractivity contribution >= 4 is 46.3 Å². The van der Waals surface area contributed by atoms with Crippen LogP contribution in [-0.4, -0.2) is 28.6 Å². The molecule has 1 aromatic heterocycles. The molecule has 9 heteroatoms. The first-order valence-corrected chi connectivity index (χ1v) is 10.3. The molecule has 0 saturated carbocycles. The number of nitrogens with zero attached hydrogens (tertiary/aromatic N) is 2. The number of Topliss-reactive ketones (excluding diaryl/α,β-unsaturated/α-hetero) is 1. The molecule has 3 aromatic rings. The van der Waals surface area contributed by atoms with Crippen molar-refractivity contribution in [3.8, 4) is 11.5 Å². The number of ketones is 1. The van der Waals surface area contributed by atoms with Crippen molar-refractivity contribution < 1.29 is 24.2 Å². The Bertz CT molecular complexity index is 1290. The molecule has 2 aromatic carbocycles. The molecule has 0 radical (unpaired) electrons. The van der Waals surface area contributed by atoms with Crippen molar-refractivity contribution in [2.45, 2.75) is 6.04 Å². The highest BCUT2D eigenvalue weighted by Crippen LogP contribution is 2.45. The van der Waals surface area contributed by atoms with Crippen LogP contribution in [0.2, 0.25) is 10.0 Å². The number of benzene rings is 2. The predicted octanol–water partition coefficient (Wildman–Crippen LogP) is 4.74. The van der Waals surface area contributed by atoms with Gasteiger partial charge in [-0.15, -0.1) is 0 Å². The molecule has 1 saturated heterocycles. The lowest BCUT2D eigenvalue weighted by molar-refractivity contribution is -0.132. The van der Waals surface area contributed by atoms with Gasteiger partial charge in [-0.05, 0) is 42.0 Å². The summed E-state index contributed by atoms with van der Waals surface area (Å²) in [6, 6.07) is 11.9. The molecule has 5 rings (SSSR count). The van der Waals surface area contributed by atoms with Crippen LogP contribution in [0.5, 0.6) is 11.5 Å². The van der Waals surface area contributed by atoms with Gasteiger partial charge in [-0.1, -0.05) is 29.3 Å². The third kappa shape index (κ3) is 3.26. The molecule has 1 N–H and O–H groups in total. The first-order chi connectivity index (χ1) is 15.5. The minimum Gasteiger partial charge on any atom is -0.507 e. The summed E-state index contributed by atoms with van der Waals surface area (Å²) in [6.07, 6.45) is 3.12. The lowest BCUT2D eigenvalue weighted by Gasteiger charge is -2.25. The lowest BCUT2D eigenvalue weighted by Crippen LogP contribution is -2.29. The first kappa shape index (κ1) is 20.4. The normalized spacial score (nSPS) is 18.9. The summed E-state index contributed by atoms with van der Waals surface area (Å²) >= 11 is 12.1. The van der Waals surface area contributed by atoms with Gasteiger partial charge in [0.05, 0.1) is 21.7 Å². The Morgan fingerprint density at radius 1 is 1.03 bits per heavy atom. The van der Waals surface area contributed by atoms with Gasteiger partial charge in [0.2, 0.25) is 6.79 Å². The van der Waals surface area contributed by atoms with Gasteiger partial charge in [0.15, 0.2) is 11.5 Å². The van der Waals surface area contributed by atoms with E-state index in [9.17, 15) is 14.7 Å². The number of fused-ring (bicyclic) bond motifs is 1. The second kappa shape index (κ2) is 7.85. The molecule has 1 fully saturated rings. The molecule has 2 aliphatic heterocycles. The SMILES string of the molecule is O=C1C(=O)N(c2ccc3c(c2)OCO3)C(c2cccnc2)/C1=C(\O)c1ccc(Cl)c(Cl)c1. The van der Waals surface area contributed by atoms with Gasteiger partial charge in [0.25, 0.3) is 11.7 Å². The Kier molecular flexibility index (Phi) is 5.00.